The van der Waals surface area contributed by atoms with Crippen LogP contribution in [0.5, 0.6) is 5.75 Å². The van der Waals surface area contributed by atoms with Gasteiger partial charge in [-0.2, -0.15) is 0 Å². The minimum Gasteiger partial charge on any atom is -0.488 e. The average molecular weight is 412 g/mol. The molecule has 3 aromatic rings. The highest BCUT2D eigenvalue weighted by atomic mass is 79.9. The molecule has 3 rings (SSSR count). The Kier molecular flexibility index (Phi) is 5.84. The maximum Gasteiger partial charge on any atom is 0.128 e. The zero-order valence-electron chi connectivity index (χ0n) is 14.7. The van der Waals surface area contributed by atoms with E-state index in [2.05, 4.69) is 40.8 Å². The number of aliphatic imine (C=N–C) groups is 1. The molecule has 3 aromatic carbocycles. The molecule has 132 valence electrons. The Hall–Kier alpha value is -2.46. The number of halogens is 2. The number of benzene rings is 3. The highest BCUT2D eigenvalue weighted by Crippen LogP contribution is 2.25. The van der Waals surface area contributed by atoms with E-state index in [1.165, 1.54) is 17.7 Å². The SMILES string of the molecule is Cc1cccc(N=Cc2cc(Br)ccc2OCc2ccc(F)cc2)c1C. The van der Waals surface area contributed by atoms with Crippen LogP contribution in [0.15, 0.2) is 70.1 Å². The Bertz CT molecular complexity index is 935. The van der Waals surface area contributed by atoms with Crippen molar-refractivity contribution in [3.05, 3.63) is 93.2 Å². The molecule has 0 aliphatic heterocycles. The van der Waals surface area contributed by atoms with Gasteiger partial charge in [-0.1, -0.05) is 40.2 Å². The predicted molar refractivity (Wildman–Crippen MR) is 108 cm³/mol. The van der Waals surface area contributed by atoms with Crippen LogP contribution in [0, 0.1) is 19.7 Å². The lowest BCUT2D eigenvalue weighted by Crippen LogP contribution is -1.98. The molecule has 0 spiro atoms. The van der Waals surface area contributed by atoms with Gasteiger partial charge in [0.1, 0.15) is 18.2 Å². The van der Waals surface area contributed by atoms with E-state index in [0.29, 0.717) is 6.61 Å². The number of ether oxygens (including phenoxy) is 1. The highest BCUT2D eigenvalue weighted by Gasteiger charge is 2.05. The monoisotopic (exact) mass is 411 g/mol. The van der Waals surface area contributed by atoms with E-state index < -0.39 is 0 Å². The third-order valence-corrected chi connectivity index (χ3v) is 4.69. The van der Waals surface area contributed by atoms with Crippen molar-refractivity contribution in [2.75, 3.05) is 0 Å². The summed E-state index contributed by atoms with van der Waals surface area (Å²) in [7, 11) is 0. The summed E-state index contributed by atoms with van der Waals surface area (Å²) in [5, 5.41) is 0. The van der Waals surface area contributed by atoms with Crippen LogP contribution < -0.4 is 4.74 Å². The molecule has 0 amide bonds. The van der Waals surface area contributed by atoms with Crippen LogP contribution in [0.25, 0.3) is 0 Å². The molecule has 0 bridgehead atoms. The average Bonchev–Trinajstić information content (AvgIpc) is 2.63. The van der Waals surface area contributed by atoms with Gasteiger partial charge in [0.05, 0.1) is 5.69 Å². The van der Waals surface area contributed by atoms with Crippen LogP contribution in [0.4, 0.5) is 10.1 Å². The normalized spacial score (nSPS) is 11.1. The summed E-state index contributed by atoms with van der Waals surface area (Å²) in [6, 6.07) is 18.2. The van der Waals surface area contributed by atoms with Gasteiger partial charge in [0, 0.05) is 16.3 Å². The molecule has 0 aromatic heterocycles. The Balaban J connectivity index is 1.82. The van der Waals surface area contributed by atoms with Crippen molar-refractivity contribution >= 4 is 27.8 Å². The molecule has 2 nitrogen and oxygen atoms in total. The molecule has 0 unspecified atom stereocenters. The van der Waals surface area contributed by atoms with Gasteiger partial charge >= 0.3 is 0 Å². The largest absolute Gasteiger partial charge is 0.488 e. The number of rotatable bonds is 5. The fraction of sp³-hybridized carbons (Fsp3) is 0.136. The van der Waals surface area contributed by atoms with Crippen molar-refractivity contribution in [3.63, 3.8) is 0 Å². The van der Waals surface area contributed by atoms with Crippen molar-refractivity contribution < 1.29 is 9.13 Å². The second-order valence-electron chi connectivity index (χ2n) is 6.07. The Labute approximate surface area is 161 Å². The van der Waals surface area contributed by atoms with E-state index in [-0.39, 0.29) is 5.82 Å². The van der Waals surface area contributed by atoms with E-state index in [1.54, 1.807) is 12.1 Å². The van der Waals surface area contributed by atoms with E-state index in [0.717, 1.165) is 32.6 Å². The Morgan fingerprint density at radius 1 is 1.04 bits per heavy atom. The molecule has 0 heterocycles. The molecular formula is C22H19BrFNO. The van der Waals surface area contributed by atoms with Gasteiger partial charge in [-0.3, -0.25) is 4.99 Å². The van der Waals surface area contributed by atoms with Crippen LogP contribution in [0.2, 0.25) is 0 Å². The van der Waals surface area contributed by atoms with E-state index in [4.69, 9.17) is 4.74 Å². The lowest BCUT2D eigenvalue weighted by atomic mass is 10.1. The predicted octanol–water partition coefficient (Wildman–Crippen LogP) is 6.53. The summed E-state index contributed by atoms with van der Waals surface area (Å²) < 4.78 is 19.9. The second kappa shape index (κ2) is 8.28. The molecule has 26 heavy (non-hydrogen) atoms. The summed E-state index contributed by atoms with van der Waals surface area (Å²) in [4.78, 5) is 4.63. The Morgan fingerprint density at radius 2 is 1.81 bits per heavy atom. The first-order valence-corrected chi connectivity index (χ1v) is 9.09. The first-order chi connectivity index (χ1) is 12.5. The van der Waals surface area contributed by atoms with Crippen molar-refractivity contribution in [2.24, 2.45) is 4.99 Å². The van der Waals surface area contributed by atoms with Crippen molar-refractivity contribution in [1.29, 1.82) is 0 Å². The van der Waals surface area contributed by atoms with Gasteiger partial charge in [0.2, 0.25) is 0 Å². The third kappa shape index (κ3) is 4.58. The molecule has 0 atom stereocenters. The van der Waals surface area contributed by atoms with Crippen LogP contribution in [0.3, 0.4) is 0 Å². The summed E-state index contributed by atoms with van der Waals surface area (Å²) >= 11 is 3.49. The molecule has 0 radical (unpaired) electrons. The summed E-state index contributed by atoms with van der Waals surface area (Å²) in [6.45, 7) is 4.51. The van der Waals surface area contributed by atoms with Crippen LogP contribution >= 0.6 is 15.9 Å². The molecule has 0 aliphatic rings. The van der Waals surface area contributed by atoms with Crippen LogP contribution in [-0.4, -0.2) is 6.21 Å². The van der Waals surface area contributed by atoms with Gasteiger partial charge in [-0.25, -0.2) is 4.39 Å². The summed E-state index contributed by atoms with van der Waals surface area (Å²) in [5.74, 6) is 0.477. The topological polar surface area (TPSA) is 21.6 Å². The third-order valence-electron chi connectivity index (χ3n) is 4.20. The van der Waals surface area contributed by atoms with Crippen LogP contribution in [-0.2, 0) is 6.61 Å². The van der Waals surface area contributed by atoms with E-state index >= 15 is 0 Å². The Morgan fingerprint density at radius 3 is 2.58 bits per heavy atom. The van der Waals surface area contributed by atoms with Crippen molar-refractivity contribution in [2.45, 2.75) is 20.5 Å². The maximum atomic E-state index is 13.0. The first kappa shape index (κ1) is 18.3. The zero-order valence-corrected chi connectivity index (χ0v) is 16.3. The lowest BCUT2D eigenvalue weighted by Gasteiger charge is -2.10. The van der Waals surface area contributed by atoms with Gasteiger partial charge in [-0.05, 0) is 66.9 Å². The molecular weight excluding hydrogens is 393 g/mol. The minimum atomic E-state index is -0.251. The molecule has 0 N–H and O–H groups in total. The summed E-state index contributed by atoms with van der Waals surface area (Å²) in [6.07, 6.45) is 1.81. The first-order valence-electron chi connectivity index (χ1n) is 8.30. The fourth-order valence-electron chi connectivity index (χ4n) is 2.51. The van der Waals surface area contributed by atoms with Gasteiger partial charge < -0.3 is 4.74 Å². The lowest BCUT2D eigenvalue weighted by molar-refractivity contribution is 0.305. The van der Waals surface area contributed by atoms with E-state index in [1.807, 2.05) is 36.5 Å². The minimum absolute atomic E-state index is 0.251. The highest BCUT2D eigenvalue weighted by molar-refractivity contribution is 9.10. The molecule has 0 fully saturated rings. The second-order valence-corrected chi connectivity index (χ2v) is 6.99. The number of nitrogens with zero attached hydrogens (tertiary/aromatic N) is 1. The van der Waals surface area contributed by atoms with Gasteiger partial charge in [0.25, 0.3) is 0 Å². The molecule has 4 heteroatoms. The van der Waals surface area contributed by atoms with Gasteiger partial charge in [-0.15, -0.1) is 0 Å². The maximum absolute atomic E-state index is 13.0. The van der Waals surface area contributed by atoms with Crippen molar-refractivity contribution in [1.82, 2.24) is 0 Å². The van der Waals surface area contributed by atoms with E-state index in [9.17, 15) is 4.39 Å². The number of aryl methyl sites for hydroxylation is 1. The molecule has 0 saturated heterocycles. The zero-order chi connectivity index (χ0) is 18.5. The molecule has 0 saturated carbocycles. The summed E-state index contributed by atoms with van der Waals surface area (Å²) in [5.41, 5.74) is 5.10. The molecule has 0 aliphatic carbocycles. The quantitative estimate of drug-likeness (QED) is 0.437. The number of hydrogen-bond acceptors (Lipinski definition) is 2. The standard InChI is InChI=1S/C22H19BrFNO/c1-15-4-3-5-21(16(15)2)25-13-18-12-19(23)8-11-22(18)26-14-17-6-9-20(24)10-7-17/h3-13H,14H2,1-2H3. The smallest absolute Gasteiger partial charge is 0.128 e. The van der Waals surface area contributed by atoms with Crippen molar-refractivity contribution in [3.8, 4) is 5.75 Å². The number of hydrogen-bond donors (Lipinski definition) is 0. The fourth-order valence-corrected chi connectivity index (χ4v) is 2.89. The van der Waals surface area contributed by atoms with Gasteiger partial charge in [0.15, 0.2) is 0 Å². The van der Waals surface area contributed by atoms with Crippen LogP contribution in [0.1, 0.15) is 22.3 Å².